The maximum absolute atomic E-state index is 12.7. The number of aliphatic hydroxyl groups is 4. The van der Waals surface area contributed by atoms with Crippen molar-refractivity contribution in [3.8, 4) is 0 Å². The number of rotatable bonds is 16. The zero-order valence-corrected chi connectivity index (χ0v) is 41.2. The number of hydrogen-bond acceptors (Lipinski definition) is 28. The van der Waals surface area contributed by atoms with Crippen molar-refractivity contribution < 1.29 is 76.4 Å². The third kappa shape index (κ3) is 11.8. The number of fused-ring (bicyclic) bond motifs is 2. The summed E-state index contributed by atoms with van der Waals surface area (Å²) in [6, 6.07) is 1.10. The zero-order chi connectivity index (χ0) is 54.4. The molecule has 6 unspecified atom stereocenters. The lowest BCUT2D eigenvalue weighted by Crippen LogP contribution is -2.29. The first kappa shape index (κ1) is 54.5. The second-order valence-electron chi connectivity index (χ2n) is 17.5. The number of nitrogens with zero attached hydrogens (tertiary/aromatic N) is 11. The number of aromatic nitrogens is 13. The Labute approximate surface area is 423 Å². The Kier molecular flexibility index (Phi) is 15.7. The third-order valence-corrected chi connectivity index (χ3v) is 14.3. The summed E-state index contributed by atoms with van der Waals surface area (Å²) < 4.78 is 73.7. The van der Waals surface area contributed by atoms with Gasteiger partial charge in [-0.15, -0.1) is 0 Å². The van der Waals surface area contributed by atoms with E-state index in [0.717, 1.165) is 21.5 Å². The van der Waals surface area contributed by atoms with E-state index in [0.29, 0.717) is 5.82 Å². The topological polar surface area (TPSA) is 517 Å². The van der Waals surface area contributed by atoms with Gasteiger partial charge in [-0.3, -0.25) is 55.7 Å². The molecule has 0 bridgehead atoms. The molecule has 10 heterocycles. The van der Waals surface area contributed by atoms with Gasteiger partial charge in [0.2, 0.25) is 11.9 Å². The number of phosphoric ester groups is 2. The van der Waals surface area contributed by atoms with Gasteiger partial charge in [0.05, 0.1) is 51.3 Å². The molecule has 10 rings (SSSR count). The average Bonchev–Trinajstić information content (AvgIpc) is 4.23. The molecule has 14 N–H and O–H groups in total. The van der Waals surface area contributed by atoms with Crippen molar-refractivity contribution in [2.24, 2.45) is 0 Å². The van der Waals surface area contributed by atoms with E-state index in [1.807, 2.05) is 0 Å². The molecule has 0 radical (unpaired) electrons. The molecule has 76 heavy (non-hydrogen) atoms. The van der Waals surface area contributed by atoms with Gasteiger partial charge in [0.1, 0.15) is 85.8 Å². The summed E-state index contributed by atoms with van der Waals surface area (Å²) >= 11 is 0. The van der Waals surface area contributed by atoms with Crippen LogP contribution in [0.2, 0.25) is 0 Å². The molecular weight excluding hydrogens is 1060 g/mol. The fourth-order valence-corrected chi connectivity index (χ4v) is 10.6. The van der Waals surface area contributed by atoms with Crippen LogP contribution in [0.5, 0.6) is 0 Å². The van der Waals surface area contributed by atoms with Crippen molar-refractivity contribution in [3.63, 3.8) is 0 Å². The van der Waals surface area contributed by atoms with Gasteiger partial charge in [-0.25, -0.2) is 38.8 Å². The minimum atomic E-state index is -4.76. The van der Waals surface area contributed by atoms with Gasteiger partial charge in [0, 0.05) is 31.7 Å². The summed E-state index contributed by atoms with van der Waals surface area (Å²) in [5, 5.41) is 40.1. The van der Waals surface area contributed by atoms with E-state index in [1.54, 1.807) is 6.92 Å². The summed E-state index contributed by atoms with van der Waals surface area (Å²) in [4.78, 5) is 101. The minimum Gasteiger partial charge on any atom is -0.394 e. The predicted molar refractivity (Wildman–Crippen MR) is 251 cm³/mol. The Hall–Kier alpha value is -6.31. The second-order valence-corrected chi connectivity index (χ2v) is 20.3. The SMILES string of the molecule is Cc1nc2c(ncn2[C@H]2CC(OP(=O)(O)OC[C@H]3O[C@@H](n4cnc(N)cc4=O)CC3O)[C@@H](CO)O2)c(=O)[nH]1.Nc1ncn([C@H]2CC(OP(=O)(O)OC[C@H]3O[C@@H](n4cnc5c(=O)[nH]c(N)nc54)CC3O)[C@@H](CO)O2)c(=O)n1. The molecule has 0 spiro atoms. The number of imidazole rings is 2. The number of anilines is 3. The maximum Gasteiger partial charge on any atom is 0.472 e. The number of H-pyrrole nitrogens is 2. The van der Waals surface area contributed by atoms with E-state index >= 15 is 0 Å². The fourth-order valence-electron chi connectivity index (χ4n) is 8.70. The molecule has 4 saturated heterocycles. The van der Waals surface area contributed by atoms with Gasteiger partial charge < -0.3 is 71.3 Å². The van der Waals surface area contributed by atoms with Crippen LogP contribution in [-0.4, -0.2) is 169 Å². The quantitative estimate of drug-likeness (QED) is 0.0412. The molecule has 0 saturated carbocycles. The number of ether oxygens (including phenoxy) is 4. The average molecular weight is 1110 g/mol. The lowest BCUT2D eigenvalue weighted by molar-refractivity contribution is -0.0566. The van der Waals surface area contributed by atoms with Crippen LogP contribution in [0.3, 0.4) is 0 Å². The highest BCUT2D eigenvalue weighted by Gasteiger charge is 2.45. The Bertz CT molecular complexity index is 3430. The van der Waals surface area contributed by atoms with Crippen LogP contribution in [0, 0.1) is 6.92 Å². The van der Waals surface area contributed by atoms with Crippen LogP contribution in [-0.2, 0) is 46.2 Å². The summed E-state index contributed by atoms with van der Waals surface area (Å²) in [5.41, 5.74) is 14.7. The molecule has 4 fully saturated rings. The number of nitrogens with one attached hydrogen (secondary N) is 2. The van der Waals surface area contributed by atoms with Crippen LogP contribution < -0.4 is 39.6 Å². The van der Waals surface area contributed by atoms with E-state index in [9.17, 15) is 58.5 Å². The van der Waals surface area contributed by atoms with Gasteiger partial charge in [-0.05, 0) is 6.92 Å². The van der Waals surface area contributed by atoms with E-state index < -0.39 is 138 Å². The van der Waals surface area contributed by atoms with Crippen LogP contribution in [0.1, 0.15) is 56.4 Å². The van der Waals surface area contributed by atoms with Crippen LogP contribution in [0.15, 0.2) is 50.6 Å². The number of nitrogens with two attached hydrogens (primary N) is 3. The van der Waals surface area contributed by atoms with Crippen molar-refractivity contribution in [3.05, 3.63) is 78.7 Å². The number of aryl methyl sites for hydroxylation is 1. The number of nitrogen functional groups attached to an aromatic ring is 3. The van der Waals surface area contributed by atoms with Crippen LogP contribution in [0.25, 0.3) is 22.3 Å². The summed E-state index contributed by atoms with van der Waals surface area (Å²) in [6.07, 6.45) is -7.20. The first-order valence-corrected chi connectivity index (χ1v) is 25.8. The first-order valence-electron chi connectivity index (χ1n) is 22.8. The maximum atomic E-state index is 12.7. The van der Waals surface area contributed by atoms with E-state index in [4.69, 9.17) is 54.2 Å². The summed E-state index contributed by atoms with van der Waals surface area (Å²) in [6.45, 7) is -0.578. The zero-order valence-electron chi connectivity index (χ0n) is 39.4. The predicted octanol–water partition coefficient (Wildman–Crippen LogP) is -3.94. The number of aliphatic hydroxyl groups excluding tert-OH is 4. The van der Waals surface area contributed by atoms with Gasteiger partial charge in [-0.1, -0.05) is 0 Å². The van der Waals surface area contributed by atoms with Crippen molar-refractivity contribution in [2.75, 3.05) is 43.6 Å². The number of phosphoric acid groups is 2. The molecule has 0 amide bonds. The van der Waals surface area contributed by atoms with Gasteiger partial charge in [0.15, 0.2) is 22.3 Å². The van der Waals surface area contributed by atoms with Crippen molar-refractivity contribution in [2.45, 2.75) is 106 Å². The Balaban J connectivity index is 0.000000186. The summed E-state index contributed by atoms with van der Waals surface area (Å²) in [5.74, 6) is 0.0220. The highest BCUT2D eigenvalue weighted by atomic mass is 31.2. The second kappa shape index (κ2) is 22.0. The largest absolute Gasteiger partial charge is 0.472 e. The molecule has 0 aromatic carbocycles. The van der Waals surface area contributed by atoms with E-state index in [2.05, 4.69) is 44.9 Å². The molecule has 412 valence electrons. The molecule has 38 heteroatoms. The Morgan fingerprint density at radius 2 is 1.09 bits per heavy atom. The van der Waals surface area contributed by atoms with Crippen molar-refractivity contribution in [1.82, 2.24) is 63.1 Å². The molecule has 14 atom stereocenters. The van der Waals surface area contributed by atoms with Crippen molar-refractivity contribution >= 4 is 55.7 Å². The van der Waals surface area contributed by atoms with Crippen LogP contribution >= 0.6 is 15.6 Å². The minimum absolute atomic E-state index is 0.00973. The highest BCUT2D eigenvalue weighted by molar-refractivity contribution is 7.47. The fraction of sp³-hybridized carbons (Fsp3) is 0.553. The van der Waals surface area contributed by atoms with Gasteiger partial charge in [-0.2, -0.15) is 9.97 Å². The van der Waals surface area contributed by atoms with Gasteiger partial charge >= 0.3 is 21.3 Å². The van der Waals surface area contributed by atoms with Crippen LogP contribution in [0.4, 0.5) is 17.7 Å². The normalized spacial score (nSPS) is 29.1. The van der Waals surface area contributed by atoms with E-state index in [-0.39, 0.29) is 65.7 Å². The van der Waals surface area contributed by atoms with Gasteiger partial charge in [0.25, 0.3) is 16.7 Å². The number of aromatic amines is 2. The third-order valence-electron chi connectivity index (χ3n) is 12.3. The van der Waals surface area contributed by atoms with E-state index in [1.165, 1.54) is 28.1 Å². The molecule has 6 aromatic rings. The Morgan fingerprint density at radius 3 is 1.62 bits per heavy atom. The molecule has 36 nitrogen and oxygen atoms in total. The smallest absolute Gasteiger partial charge is 0.394 e. The monoisotopic (exact) mass is 1110 g/mol. The lowest BCUT2D eigenvalue weighted by atomic mass is 10.2. The number of hydrogen-bond donors (Lipinski definition) is 11. The summed E-state index contributed by atoms with van der Waals surface area (Å²) in [7, 11) is -9.48. The highest BCUT2D eigenvalue weighted by Crippen LogP contribution is 2.50. The molecule has 0 aliphatic carbocycles. The molecular formula is C38H50N16O20P2. The van der Waals surface area contributed by atoms with Crippen molar-refractivity contribution in [1.29, 1.82) is 0 Å². The molecule has 4 aliphatic rings. The first-order chi connectivity index (χ1) is 36.1. The molecule has 4 aliphatic heterocycles. The lowest BCUT2D eigenvalue weighted by Gasteiger charge is -2.21. The molecule has 6 aromatic heterocycles. The Morgan fingerprint density at radius 1 is 0.632 bits per heavy atom. The standard InChI is InChI=1S/C20H26N7O10P.C18H24N9O10P/c1-9-24-19-18(20(31)25-9)23-8-27(19)17-3-11(12(5-28)35-17)37-38(32,33)34-6-13-10(29)2-16(36-13)26-7-22-14(21)4-15(26)30;19-16-22-6-27(18(31)25-16)12-2-8(9(3-28)35-12)37-38(32,33)34-4-10-7(29)1-11(36-10)26-5-21-13-14(26)23-17(20)24-15(13)30/h4,7-8,10-13,16-17,28-29H,2-3,5-6,21H2,1H3,(H,32,33)(H,24,25,31);5-12,28-29H,1-4H2,(H,32,33)(H2,19,25,31)(H3,20,23,24,30)/t10?,11?,12-,13-,16-,17-;7?,8?,9-,10-,11-,12-/m11/s1.